The third-order valence-electron chi connectivity index (χ3n) is 4.66. The van der Waals surface area contributed by atoms with E-state index in [4.69, 9.17) is 4.74 Å². The summed E-state index contributed by atoms with van der Waals surface area (Å²) >= 11 is 1.11. The lowest BCUT2D eigenvalue weighted by atomic mass is 10.00. The van der Waals surface area contributed by atoms with Crippen LogP contribution in [0.5, 0.6) is 5.75 Å². The second-order valence-electron chi connectivity index (χ2n) is 6.81. The second kappa shape index (κ2) is 9.20. The highest BCUT2D eigenvalue weighted by Crippen LogP contribution is 2.35. The van der Waals surface area contributed by atoms with Crippen molar-refractivity contribution >= 4 is 22.4 Å². The van der Waals surface area contributed by atoms with Crippen molar-refractivity contribution in [3.63, 3.8) is 0 Å². The van der Waals surface area contributed by atoms with Gasteiger partial charge in [-0.25, -0.2) is 13.8 Å². The normalized spacial score (nSPS) is 10.9. The number of aryl methyl sites for hydroxylation is 1. The highest BCUT2D eigenvalue weighted by molar-refractivity contribution is 7.13. The van der Waals surface area contributed by atoms with Gasteiger partial charge in [-0.2, -0.15) is 0 Å². The fraction of sp³-hybridized carbons (Fsp3) is 0.143. The molecule has 0 aliphatic heterocycles. The molecule has 168 valence electrons. The maximum atomic E-state index is 13.4. The average molecular weight is 470 g/mol. The molecule has 4 heterocycles. The van der Waals surface area contributed by atoms with E-state index in [-0.39, 0.29) is 38.9 Å². The number of alkyl halides is 2. The zero-order valence-corrected chi connectivity index (χ0v) is 18.1. The standard InChI is InChI=1S/C21H16F2N6O3S/c1-11-3-4-29(18(30)5-11)17-7-12(13-6-15(19(22)23)24-9-16(13)32-2)14(8-25-17)20(31)27-21-28-26-10-33-21/h3-10,19H,1-2H3,(H,27,28,31). The smallest absolute Gasteiger partial charge is 0.280 e. The molecule has 12 heteroatoms. The number of nitrogens with one attached hydrogen (secondary N) is 1. The largest absolute Gasteiger partial charge is 0.494 e. The van der Waals surface area contributed by atoms with Crippen molar-refractivity contribution in [2.75, 3.05) is 12.4 Å². The molecule has 4 aromatic heterocycles. The van der Waals surface area contributed by atoms with Crippen LogP contribution in [0.4, 0.5) is 13.9 Å². The van der Waals surface area contributed by atoms with E-state index >= 15 is 0 Å². The summed E-state index contributed by atoms with van der Waals surface area (Å²) in [6, 6.07) is 5.75. The van der Waals surface area contributed by atoms with Crippen molar-refractivity contribution in [3.05, 3.63) is 75.5 Å². The van der Waals surface area contributed by atoms with Crippen LogP contribution in [-0.2, 0) is 0 Å². The highest BCUT2D eigenvalue weighted by Gasteiger charge is 2.22. The van der Waals surface area contributed by atoms with Gasteiger partial charge in [-0.05, 0) is 30.7 Å². The van der Waals surface area contributed by atoms with Crippen LogP contribution in [-0.4, -0.2) is 37.7 Å². The van der Waals surface area contributed by atoms with Gasteiger partial charge in [0.15, 0.2) is 0 Å². The quantitative estimate of drug-likeness (QED) is 0.458. The van der Waals surface area contributed by atoms with Crippen LogP contribution >= 0.6 is 11.3 Å². The Morgan fingerprint density at radius 2 is 2.00 bits per heavy atom. The molecule has 0 radical (unpaired) electrons. The van der Waals surface area contributed by atoms with E-state index in [2.05, 4.69) is 25.5 Å². The van der Waals surface area contributed by atoms with Crippen LogP contribution in [0.2, 0.25) is 0 Å². The van der Waals surface area contributed by atoms with Gasteiger partial charge in [0.25, 0.3) is 17.9 Å². The molecule has 0 aliphatic carbocycles. The minimum atomic E-state index is -2.84. The van der Waals surface area contributed by atoms with Crippen LogP contribution < -0.4 is 15.6 Å². The number of rotatable bonds is 6. The topological polar surface area (TPSA) is 112 Å². The minimum Gasteiger partial charge on any atom is -0.494 e. The summed E-state index contributed by atoms with van der Waals surface area (Å²) in [7, 11) is 1.36. The molecule has 0 saturated heterocycles. The summed E-state index contributed by atoms with van der Waals surface area (Å²) in [5.74, 6) is -0.229. The first kappa shape index (κ1) is 22.1. The Kier molecular flexibility index (Phi) is 6.18. The zero-order valence-electron chi connectivity index (χ0n) is 17.3. The first-order chi connectivity index (χ1) is 15.9. The first-order valence-corrected chi connectivity index (χ1v) is 10.3. The molecular weight excluding hydrogens is 454 g/mol. The minimum absolute atomic E-state index is 0.0545. The molecule has 0 aromatic carbocycles. The maximum absolute atomic E-state index is 13.4. The van der Waals surface area contributed by atoms with E-state index in [0.717, 1.165) is 29.2 Å². The molecule has 0 fully saturated rings. The monoisotopic (exact) mass is 470 g/mol. The lowest BCUT2D eigenvalue weighted by Crippen LogP contribution is -2.19. The molecule has 4 rings (SSSR count). The van der Waals surface area contributed by atoms with Crippen LogP contribution in [0.25, 0.3) is 16.9 Å². The third kappa shape index (κ3) is 4.60. The average Bonchev–Trinajstić information content (AvgIpc) is 3.31. The first-order valence-electron chi connectivity index (χ1n) is 9.47. The molecule has 0 bridgehead atoms. The van der Waals surface area contributed by atoms with E-state index in [1.54, 1.807) is 19.2 Å². The van der Waals surface area contributed by atoms with E-state index in [0.29, 0.717) is 0 Å². The van der Waals surface area contributed by atoms with Gasteiger partial charge in [0, 0.05) is 29.6 Å². The molecule has 0 atom stereocenters. The molecule has 0 spiro atoms. The summed E-state index contributed by atoms with van der Waals surface area (Å²) < 4.78 is 33.4. The lowest BCUT2D eigenvalue weighted by molar-refractivity contribution is 0.102. The van der Waals surface area contributed by atoms with Gasteiger partial charge in [0.05, 0.1) is 18.9 Å². The Morgan fingerprint density at radius 3 is 2.67 bits per heavy atom. The van der Waals surface area contributed by atoms with Crippen molar-refractivity contribution < 1.29 is 18.3 Å². The number of ether oxygens (including phenoxy) is 1. The van der Waals surface area contributed by atoms with Gasteiger partial charge in [0.2, 0.25) is 5.13 Å². The summed E-state index contributed by atoms with van der Waals surface area (Å²) in [5, 5.41) is 10.3. The summed E-state index contributed by atoms with van der Waals surface area (Å²) in [4.78, 5) is 33.4. The second-order valence-corrected chi connectivity index (χ2v) is 7.64. The van der Waals surface area contributed by atoms with Gasteiger partial charge < -0.3 is 4.74 Å². The number of hydrogen-bond acceptors (Lipinski definition) is 8. The van der Waals surface area contributed by atoms with E-state index < -0.39 is 18.0 Å². The number of pyridine rings is 3. The van der Waals surface area contributed by atoms with Crippen LogP contribution in [0.3, 0.4) is 0 Å². The Balaban J connectivity index is 1.92. The number of carbonyl (C=O) groups is 1. The zero-order chi connectivity index (χ0) is 23.5. The molecular formula is C21H16F2N6O3S. The molecule has 1 N–H and O–H groups in total. The van der Waals surface area contributed by atoms with Crippen molar-refractivity contribution in [3.8, 4) is 22.7 Å². The third-order valence-corrected chi connectivity index (χ3v) is 5.27. The molecule has 0 aliphatic rings. The summed E-state index contributed by atoms with van der Waals surface area (Å²) in [6.45, 7) is 1.78. The van der Waals surface area contributed by atoms with Crippen LogP contribution in [0.15, 0.2) is 53.2 Å². The number of aromatic nitrogens is 5. The Labute approximate surface area is 189 Å². The lowest BCUT2D eigenvalue weighted by Gasteiger charge is -2.15. The number of halogens is 2. The maximum Gasteiger partial charge on any atom is 0.280 e. The number of methoxy groups -OCH3 is 1. The van der Waals surface area contributed by atoms with Gasteiger partial charge in [-0.3, -0.25) is 24.5 Å². The Morgan fingerprint density at radius 1 is 1.18 bits per heavy atom. The van der Waals surface area contributed by atoms with Crippen molar-refractivity contribution in [2.45, 2.75) is 13.3 Å². The van der Waals surface area contributed by atoms with Crippen molar-refractivity contribution in [1.29, 1.82) is 0 Å². The van der Waals surface area contributed by atoms with Crippen molar-refractivity contribution in [1.82, 2.24) is 24.7 Å². The number of anilines is 1. The predicted octanol–water partition coefficient (Wildman–Crippen LogP) is 3.65. The summed E-state index contributed by atoms with van der Waals surface area (Å²) in [6.07, 6.45) is 1.12. The molecule has 0 saturated carbocycles. The molecule has 1 amide bonds. The van der Waals surface area contributed by atoms with E-state index in [1.165, 1.54) is 35.5 Å². The fourth-order valence-electron chi connectivity index (χ4n) is 3.09. The van der Waals surface area contributed by atoms with E-state index in [9.17, 15) is 18.4 Å². The Bertz CT molecular complexity index is 1370. The van der Waals surface area contributed by atoms with Crippen LogP contribution in [0.1, 0.15) is 28.0 Å². The molecule has 0 unspecified atom stereocenters. The number of amides is 1. The summed E-state index contributed by atoms with van der Waals surface area (Å²) in [5.41, 5.74) is 1.84. The number of nitrogens with zero attached hydrogens (tertiary/aromatic N) is 5. The number of hydrogen-bond donors (Lipinski definition) is 1. The van der Waals surface area contributed by atoms with Crippen molar-refractivity contribution in [2.24, 2.45) is 0 Å². The highest BCUT2D eigenvalue weighted by atomic mass is 32.1. The fourth-order valence-corrected chi connectivity index (χ4v) is 3.53. The van der Waals surface area contributed by atoms with E-state index in [1.807, 2.05) is 0 Å². The van der Waals surface area contributed by atoms with Gasteiger partial charge in [-0.1, -0.05) is 11.3 Å². The SMILES string of the molecule is COc1cnc(C(F)F)cc1-c1cc(-n2ccc(C)cc2=O)ncc1C(=O)Nc1nncs1. The Hall–Kier alpha value is -4.06. The number of carbonyl (C=O) groups excluding carboxylic acids is 1. The van der Waals surface area contributed by atoms with Gasteiger partial charge >= 0.3 is 0 Å². The molecule has 33 heavy (non-hydrogen) atoms. The molecule has 9 nitrogen and oxygen atoms in total. The van der Waals surface area contributed by atoms with Gasteiger partial charge in [0.1, 0.15) is 22.8 Å². The predicted molar refractivity (Wildman–Crippen MR) is 117 cm³/mol. The van der Waals surface area contributed by atoms with Gasteiger partial charge in [-0.15, -0.1) is 10.2 Å². The van der Waals surface area contributed by atoms with Crippen LogP contribution in [0, 0.1) is 6.92 Å². The molecule has 4 aromatic rings.